The minimum absolute atomic E-state index is 0.116. The zero-order chi connectivity index (χ0) is 15.3. The summed E-state index contributed by atoms with van der Waals surface area (Å²) in [5.74, 6) is 0.116. The lowest BCUT2D eigenvalue weighted by atomic mass is 9.86. The van der Waals surface area contributed by atoms with Gasteiger partial charge in [0, 0.05) is 19.6 Å². The Kier molecular flexibility index (Phi) is 5.40. The molecule has 1 aromatic carbocycles. The summed E-state index contributed by atoms with van der Waals surface area (Å²) in [6, 6.07) is 8.60. The van der Waals surface area contributed by atoms with Crippen LogP contribution in [0.15, 0.2) is 24.3 Å². The van der Waals surface area contributed by atoms with Gasteiger partial charge >= 0.3 is 0 Å². The van der Waals surface area contributed by atoms with Gasteiger partial charge in [0.05, 0.1) is 6.10 Å². The van der Waals surface area contributed by atoms with Crippen molar-refractivity contribution in [2.45, 2.75) is 58.0 Å². The molecule has 1 saturated heterocycles. The number of hydrogen-bond donors (Lipinski definition) is 1. The molecule has 1 amide bonds. The Labute approximate surface area is 128 Å². The molecule has 1 aliphatic rings. The summed E-state index contributed by atoms with van der Waals surface area (Å²) in [6.07, 6.45) is 3.73. The van der Waals surface area contributed by atoms with Gasteiger partial charge in [-0.3, -0.25) is 4.79 Å². The Balaban J connectivity index is 1.73. The van der Waals surface area contributed by atoms with Crippen molar-refractivity contribution >= 4 is 5.91 Å². The molecule has 21 heavy (non-hydrogen) atoms. The molecule has 1 aromatic rings. The molecule has 1 atom stereocenters. The van der Waals surface area contributed by atoms with E-state index in [1.54, 1.807) is 0 Å². The summed E-state index contributed by atoms with van der Waals surface area (Å²) in [5, 5.41) is 2.97. The summed E-state index contributed by atoms with van der Waals surface area (Å²) in [7, 11) is 0. The fourth-order valence-electron chi connectivity index (χ4n) is 2.55. The van der Waals surface area contributed by atoms with Crippen LogP contribution < -0.4 is 5.32 Å². The van der Waals surface area contributed by atoms with Crippen LogP contribution >= 0.6 is 0 Å². The van der Waals surface area contributed by atoms with E-state index in [-0.39, 0.29) is 17.4 Å². The maximum atomic E-state index is 11.8. The van der Waals surface area contributed by atoms with Gasteiger partial charge in [-0.25, -0.2) is 0 Å². The van der Waals surface area contributed by atoms with Crippen LogP contribution in [0.4, 0.5) is 0 Å². The number of amides is 1. The molecule has 0 radical (unpaired) electrons. The molecule has 2 rings (SSSR count). The predicted octanol–water partition coefficient (Wildman–Crippen LogP) is 3.21. The normalized spacial score (nSPS) is 18.7. The second kappa shape index (κ2) is 7.08. The molecule has 1 aliphatic heterocycles. The van der Waals surface area contributed by atoms with E-state index < -0.39 is 0 Å². The van der Waals surface area contributed by atoms with Gasteiger partial charge in [-0.1, -0.05) is 45.0 Å². The van der Waals surface area contributed by atoms with Gasteiger partial charge < -0.3 is 10.1 Å². The summed E-state index contributed by atoms with van der Waals surface area (Å²) in [4.78, 5) is 11.8. The zero-order valence-electron chi connectivity index (χ0n) is 13.4. The number of carbonyl (C=O) groups is 1. The molecule has 1 fully saturated rings. The van der Waals surface area contributed by atoms with Crippen LogP contribution in [0.2, 0.25) is 0 Å². The van der Waals surface area contributed by atoms with Crippen LogP contribution in [0.3, 0.4) is 0 Å². The highest BCUT2D eigenvalue weighted by Gasteiger charge is 2.16. The Bertz CT molecular complexity index is 453. The van der Waals surface area contributed by atoms with Crippen LogP contribution in [0, 0.1) is 0 Å². The molecule has 1 N–H and O–H groups in total. The molecule has 0 unspecified atom stereocenters. The molecule has 0 bridgehead atoms. The second-order valence-corrected chi connectivity index (χ2v) is 6.89. The minimum atomic E-state index is 0.116. The number of ether oxygens (including phenoxy) is 1. The average molecular weight is 289 g/mol. The molecule has 0 aliphatic carbocycles. The second-order valence-electron chi connectivity index (χ2n) is 6.89. The summed E-state index contributed by atoms with van der Waals surface area (Å²) in [5.41, 5.74) is 2.72. The zero-order valence-corrected chi connectivity index (χ0v) is 13.4. The van der Waals surface area contributed by atoms with Gasteiger partial charge in [0.25, 0.3) is 0 Å². The lowest BCUT2D eigenvalue weighted by Crippen LogP contribution is -2.31. The molecule has 1 heterocycles. The van der Waals surface area contributed by atoms with Gasteiger partial charge in [-0.05, 0) is 35.8 Å². The van der Waals surface area contributed by atoms with E-state index in [4.69, 9.17) is 4.74 Å². The SMILES string of the molecule is CC(C)(C)c1ccc(CCC(=O)NC[C@@H]2CCCO2)cc1. The first-order valence-corrected chi connectivity index (χ1v) is 7.93. The molecular weight excluding hydrogens is 262 g/mol. The maximum Gasteiger partial charge on any atom is 0.220 e. The Morgan fingerprint density at radius 3 is 2.57 bits per heavy atom. The highest BCUT2D eigenvalue weighted by molar-refractivity contribution is 5.76. The van der Waals surface area contributed by atoms with Gasteiger partial charge in [0.1, 0.15) is 0 Å². The topological polar surface area (TPSA) is 38.3 Å². The Morgan fingerprint density at radius 1 is 1.29 bits per heavy atom. The van der Waals surface area contributed by atoms with E-state index in [2.05, 4.69) is 50.4 Å². The molecule has 3 nitrogen and oxygen atoms in total. The predicted molar refractivity (Wildman–Crippen MR) is 85.4 cm³/mol. The summed E-state index contributed by atoms with van der Waals surface area (Å²) < 4.78 is 5.50. The van der Waals surface area contributed by atoms with E-state index in [0.717, 1.165) is 25.9 Å². The van der Waals surface area contributed by atoms with Gasteiger partial charge in [0.2, 0.25) is 5.91 Å². The first-order chi connectivity index (χ1) is 9.95. The van der Waals surface area contributed by atoms with E-state index >= 15 is 0 Å². The first kappa shape index (κ1) is 16.0. The average Bonchev–Trinajstić information content (AvgIpc) is 2.95. The smallest absolute Gasteiger partial charge is 0.220 e. The molecule has 0 aromatic heterocycles. The third kappa shape index (κ3) is 5.16. The van der Waals surface area contributed by atoms with Crippen molar-refractivity contribution < 1.29 is 9.53 Å². The Morgan fingerprint density at radius 2 is 2.00 bits per heavy atom. The third-order valence-corrected chi connectivity index (χ3v) is 4.01. The van der Waals surface area contributed by atoms with Crippen molar-refractivity contribution in [3.63, 3.8) is 0 Å². The maximum absolute atomic E-state index is 11.8. The van der Waals surface area contributed by atoms with E-state index in [1.165, 1.54) is 11.1 Å². The van der Waals surface area contributed by atoms with Gasteiger partial charge in [0.15, 0.2) is 0 Å². The van der Waals surface area contributed by atoms with Crippen molar-refractivity contribution in [1.82, 2.24) is 5.32 Å². The Hall–Kier alpha value is -1.35. The van der Waals surface area contributed by atoms with Crippen LogP contribution in [-0.2, 0) is 21.4 Å². The highest BCUT2D eigenvalue weighted by Crippen LogP contribution is 2.22. The van der Waals surface area contributed by atoms with E-state index in [0.29, 0.717) is 13.0 Å². The van der Waals surface area contributed by atoms with E-state index in [1.807, 2.05) is 0 Å². The van der Waals surface area contributed by atoms with Gasteiger partial charge in [-0.2, -0.15) is 0 Å². The van der Waals surface area contributed by atoms with Crippen molar-refractivity contribution in [2.75, 3.05) is 13.2 Å². The molecule has 3 heteroatoms. The number of carbonyl (C=O) groups excluding carboxylic acids is 1. The van der Waals surface area contributed by atoms with Crippen molar-refractivity contribution in [1.29, 1.82) is 0 Å². The molecule has 116 valence electrons. The largest absolute Gasteiger partial charge is 0.376 e. The first-order valence-electron chi connectivity index (χ1n) is 7.93. The highest BCUT2D eigenvalue weighted by atomic mass is 16.5. The van der Waals surface area contributed by atoms with Crippen molar-refractivity contribution in [3.05, 3.63) is 35.4 Å². The monoisotopic (exact) mass is 289 g/mol. The number of aryl methyl sites for hydroxylation is 1. The van der Waals surface area contributed by atoms with E-state index in [9.17, 15) is 4.79 Å². The minimum Gasteiger partial charge on any atom is -0.376 e. The summed E-state index contributed by atoms with van der Waals surface area (Å²) in [6.45, 7) is 8.12. The fraction of sp³-hybridized carbons (Fsp3) is 0.611. The van der Waals surface area contributed by atoms with Crippen molar-refractivity contribution in [2.24, 2.45) is 0 Å². The lowest BCUT2D eigenvalue weighted by molar-refractivity contribution is -0.121. The van der Waals surface area contributed by atoms with Gasteiger partial charge in [-0.15, -0.1) is 0 Å². The number of hydrogen-bond acceptors (Lipinski definition) is 2. The van der Waals surface area contributed by atoms with Crippen LogP contribution in [0.25, 0.3) is 0 Å². The standard InChI is InChI=1S/C18H27NO2/c1-18(2,3)15-9-6-14(7-10-15)8-11-17(20)19-13-16-5-4-12-21-16/h6-7,9-10,16H,4-5,8,11-13H2,1-3H3,(H,19,20)/t16-/m0/s1. The molecular formula is C18H27NO2. The number of nitrogens with one attached hydrogen (secondary N) is 1. The van der Waals surface area contributed by atoms with Crippen LogP contribution in [-0.4, -0.2) is 25.2 Å². The number of benzene rings is 1. The van der Waals surface area contributed by atoms with Crippen molar-refractivity contribution in [3.8, 4) is 0 Å². The lowest BCUT2D eigenvalue weighted by Gasteiger charge is -2.19. The molecule has 0 saturated carbocycles. The van der Waals surface area contributed by atoms with Crippen LogP contribution in [0.5, 0.6) is 0 Å². The molecule has 0 spiro atoms. The summed E-state index contributed by atoms with van der Waals surface area (Å²) >= 11 is 0. The number of rotatable bonds is 5. The third-order valence-electron chi connectivity index (χ3n) is 4.01. The quantitative estimate of drug-likeness (QED) is 0.904. The fourth-order valence-corrected chi connectivity index (χ4v) is 2.55. The van der Waals surface area contributed by atoms with Crippen LogP contribution in [0.1, 0.15) is 51.2 Å².